The van der Waals surface area contributed by atoms with Gasteiger partial charge in [0, 0.05) is 19.5 Å². The third-order valence-electron chi connectivity index (χ3n) is 4.32. The number of nitrogens with zero attached hydrogens (tertiary/aromatic N) is 2. The number of carbonyl (C=O) groups is 1. The predicted octanol–water partition coefficient (Wildman–Crippen LogP) is 4.09. The summed E-state index contributed by atoms with van der Waals surface area (Å²) in [5.41, 5.74) is 5.83. The van der Waals surface area contributed by atoms with Crippen molar-refractivity contribution in [1.29, 1.82) is 0 Å². The van der Waals surface area contributed by atoms with Crippen molar-refractivity contribution in [2.45, 2.75) is 34.1 Å². The van der Waals surface area contributed by atoms with E-state index in [1.54, 1.807) is 17.8 Å². The van der Waals surface area contributed by atoms with E-state index in [2.05, 4.69) is 43.3 Å². The van der Waals surface area contributed by atoms with Gasteiger partial charge in [-0.25, -0.2) is 0 Å². The number of benzene rings is 1. The summed E-state index contributed by atoms with van der Waals surface area (Å²) in [4.78, 5) is 12.4. The summed E-state index contributed by atoms with van der Waals surface area (Å²) in [7, 11) is 1.79. The standard InChI is InChI=1S/C20H23N3O2/c1-12-8-13(2)17(14(3)9-12)11-16-6-7-18(25-16)20(24)21-19-10-15(4)22-23(19)5/h6-10H,11H2,1-5H3,(H,21,24). The Morgan fingerprint density at radius 2 is 1.80 bits per heavy atom. The van der Waals surface area contributed by atoms with E-state index in [1.807, 2.05) is 19.1 Å². The molecule has 0 saturated heterocycles. The monoisotopic (exact) mass is 337 g/mol. The number of rotatable bonds is 4. The van der Waals surface area contributed by atoms with Crippen LogP contribution in [0.4, 0.5) is 5.82 Å². The second kappa shape index (κ2) is 6.59. The number of nitrogens with one attached hydrogen (secondary N) is 1. The van der Waals surface area contributed by atoms with E-state index < -0.39 is 0 Å². The molecule has 0 unspecified atom stereocenters. The number of carbonyl (C=O) groups excluding carboxylic acids is 1. The highest BCUT2D eigenvalue weighted by atomic mass is 16.3. The van der Waals surface area contributed by atoms with Gasteiger partial charge in [-0.05, 0) is 56.5 Å². The summed E-state index contributed by atoms with van der Waals surface area (Å²) in [6.45, 7) is 8.19. The van der Waals surface area contributed by atoms with Crippen molar-refractivity contribution in [2.75, 3.05) is 5.32 Å². The second-order valence-electron chi connectivity index (χ2n) is 6.57. The van der Waals surface area contributed by atoms with Gasteiger partial charge in [0.05, 0.1) is 5.69 Å². The molecule has 2 heterocycles. The first-order chi connectivity index (χ1) is 11.8. The van der Waals surface area contributed by atoms with Gasteiger partial charge in [-0.3, -0.25) is 9.48 Å². The smallest absolute Gasteiger partial charge is 0.292 e. The molecule has 1 aromatic carbocycles. The number of aromatic nitrogens is 2. The van der Waals surface area contributed by atoms with Gasteiger partial charge in [0.1, 0.15) is 11.6 Å². The fourth-order valence-corrected chi connectivity index (χ4v) is 3.16. The van der Waals surface area contributed by atoms with Crippen molar-refractivity contribution in [3.05, 3.63) is 69.8 Å². The summed E-state index contributed by atoms with van der Waals surface area (Å²) >= 11 is 0. The Morgan fingerprint density at radius 1 is 1.12 bits per heavy atom. The van der Waals surface area contributed by atoms with Crippen LogP contribution in [0.1, 0.15) is 44.3 Å². The van der Waals surface area contributed by atoms with Crippen LogP contribution in [-0.4, -0.2) is 15.7 Å². The molecule has 0 saturated carbocycles. The maximum atomic E-state index is 12.4. The van der Waals surface area contributed by atoms with Crippen LogP contribution < -0.4 is 5.32 Å². The molecule has 130 valence electrons. The first kappa shape index (κ1) is 17.0. The number of anilines is 1. The van der Waals surface area contributed by atoms with E-state index in [9.17, 15) is 4.79 Å². The molecule has 3 aromatic rings. The van der Waals surface area contributed by atoms with Gasteiger partial charge in [-0.15, -0.1) is 0 Å². The normalized spacial score (nSPS) is 10.9. The lowest BCUT2D eigenvalue weighted by Gasteiger charge is -2.10. The summed E-state index contributed by atoms with van der Waals surface area (Å²) in [5, 5.41) is 7.04. The predicted molar refractivity (Wildman–Crippen MR) is 98.1 cm³/mol. The van der Waals surface area contributed by atoms with Gasteiger partial charge >= 0.3 is 0 Å². The lowest BCUT2D eigenvalue weighted by Crippen LogP contribution is -2.13. The zero-order valence-corrected chi connectivity index (χ0v) is 15.3. The van der Waals surface area contributed by atoms with Crippen molar-refractivity contribution in [2.24, 2.45) is 7.05 Å². The molecule has 25 heavy (non-hydrogen) atoms. The molecule has 1 amide bonds. The first-order valence-electron chi connectivity index (χ1n) is 8.31. The van der Waals surface area contributed by atoms with E-state index in [0.29, 0.717) is 18.0 Å². The Hall–Kier alpha value is -2.82. The quantitative estimate of drug-likeness (QED) is 0.780. The molecule has 5 heteroatoms. The molecule has 0 radical (unpaired) electrons. The van der Waals surface area contributed by atoms with Gasteiger partial charge in [0.15, 0.2) is 5.76 Å². The van der Waals surface area contributed by atoms with Crippen LogP contribution in [0.5, 0.6) is 0 Å². The minimum absolute atomic E-state index is 0.272. The SMILES string of the molecule is Cc1cc(C)c(Cc2ccc(C(=O)Nc3cc(C)nn3C)o2)c(C)c1. The van der Waals surface area contributed by atoms with Gasteiger partial charge in [0.2, 0.25) is 0 Å². The van der Waals surface area contributed by atoms with Crippen molar-refractivity contribution < 1.29 is 9.21 Å². The second-order valence-corrected chi connectivity index (χ2v) is 6.57. The highest BCUT2D eigenvalue weighted by Crippen LogP contribution is 2.22. The maximum absolute atomic E-state index is 12.4. The number of furan rings is 1. The molecule has 0 spiro atoms. The molecule has 5 nitrogen and oxygen atoms in total. The molecule has 0 fully saturated rings. The lowest BCUT2D eigenvalue weighted by atomic mass is 9.97. The van der Waals surface area contributed by atoms with Crippen molar-refractivity contribution in [3.8, 4) is 0 Å². The zero-order valence-electron chi connectivity index (χ0n) is 15.3. The molecule has 0 aliphatic rings. The third-order valence-corrected chi connectivity index (χ3v) is 4.32. The minimum atomic E-state index is -0.272. The van der Waals surface area contributed by atoms with Crippen LogP contribution in [0, 0.1) is 27.7 Å². The molecule has 0 atom stereocenters. The Balaban J connectivity index is 1.76. The number of hydrogen-bond donors (Lipinski definition) is 1. The van der Waals surface area contributed by atoms with E-state index in [0.717, 1.165) is 11.5 Å². The largest absolute Gasteiger partial charge is 0.456 e. The summed E-state index contributed by atoms with van der Waals surface area (Å²) in [6, 6.07) is 9.74. The van der Waals surface area contributed by atoms with Gasteiger partial charge in [-0.1, -0.05) is 17.7 Å². The van der Waals surface area contributed by atoms with Crippen LogP contribution in [0.25, 0.3) is 0 Å². The number of hydrogen-bond acceptors (Lipinski definition) is 3. The van der Waals surface area contributed by atoms with E-state index >= 15 is 0 Å². The fraction of sp³-hybridized carbons (Fsp3) is 0.300. The van der Waals surface area contributed by atoms with Crippen molar-refractivity contribution >= 4 is 11.7 Å². The van der Waals surface area contributed by atoms with Gasteiger partial charge in [0.25, 0.3) is 5.91 Å². The highest BCUT2D eigenvalue weighted by Gasteiger charge is 2.15. The molecular weight excluding hydrogens is 314 g/mol. The molecule has 2 aromatic heterocycles. The molecule has 0 aliphatic heterocycles. The Morgan fingerprint density at radius 3 is 2.40 bits per heavy atom. The number of aryl methyl sites for hydroxylation is 5. The lowest BCUT2D eigenvalue weighted by molar-refractivity contribution is 0.0994. The van der Waals surface area contributed by atoms with Crippen molar-refractivity contribution in [1.82, 2.24) is 9.78 Å². The van der Waals surface area contributed by atoms with Crippen LogP contribution in [-0.2, 0) is 13.5 Å². The summed E-state index contributed by atoms with van der Waals surface area (Å²) in [6.07, 6.45) is 0.677. The van der Waals surface area contributed by atoms with Gasteiger partial charge < -0.3 is 9.73 Å². The summed E-state index contributed by atoms with van der Waals surface area (Å²) in [5.74, 6) is 1.45. The molecular formula is C20H23N3O2. The van der Waals surface area contributed by atoms with Gasteiger partial charge in [-0.2, -0.15) is 5.10 Å². The first-order valence-corrected chi connectivity index (χ1v) is 8.31. The summed E-state index contributed by atoms with van der Waals surface area (Å²) < 4.78 is 7.40. The van der Waals surface area contributed by atoms with Crippen LogP contribution in [0.2, 0.25) is 0 Å². The van der Waals surface area contributed by atoms with Crippen LogP contribution >= 0.6 is 0 Å². The minimum Gasteiger partial charge on any atom is -0.456 e. The molecule has 0 aliphatic carbocycles. The molecule has 3 rings (SSSR count). The highest BCUT2D eigenvalue weighted by molar-refractivity contribution is 6.01. The van der Waals surface area contributed by atoms with Crippen molar-refractivity contribution in [3.63, 3.8) is 0 Å². The number of amides is 1. The topological polar surface area (TPSA) is 60.1 Å². The van der Waals surface area contributed by atoms with Crippen LogP contribution in [0.15, 0.2) is 34.7 Å². The Kier molecular flexibility index (Phi) is 4.49. The zero-order chi connectivity index (χ0) is 18.1. The fourth-order valence-electron chi connectivity index (χ4n) is 3.16. The Bertz CT molecular complexity index is 911. The van der Waals surface area contributed by atoms with E-state index in [4.69, 9.17) is 4.42 Å². The molecule has 1 N–H and O–H groups in total. The Labute approximate surface area is 147 Å². The average Bonchev–Trinajstić information content (AvgIpc) is 3.10. The maximum Gasteiger partial charge on any atom is 0.292 e. The third kappa shape index (κ3) is 3.65. The van der Waals surface area contributed by atoms with E-state index in [-0.39, 0.29) is 5.91 Å². The molecule has 0 bridgehead atoms. The van der Waals surface area contributed by atoms with Crippen LogP contribution in [0.3, 0.4) is 0 Å². The van der Waals surface area contributed by atoms with E-state index in [1.165, 1.54) is 22.3 Å². The average molecular weight is 337 g/mol.